The number of nitrogens with one attached hydrogen (secondary N) is 1. The van der Waals surface area contributed by atoms with Crippen molar-refractivity contribution in [2.24, 2.45) is 5.92 Å². The first kappa shape index (κ1) is 13.1. The van der Waals surface area contributed by atoms with Gasteiger partial charge in [0.1, 0.15) is 6.04 Å². The Labute approximate surface area is 117 Å². The summed E-state index contributed by atoms with van der Waals surface area (Å²) in [5, 5.41) is 12.6. The predicted molar refractivity (Wildman–Crippen MR) is 74.6 cm³/mol. The average molecular weight is 274 g/mol. The van der Waals surface area contributed by atoms with Gasteiger partial charge in [-0.25, -0.2) is 4.79 Å². The summed E-state index contributed by atoms with van der Waals surface area (Å²) in [6, 6.07) is 6.71. The van der Waals surface area contributed by atoms with Crippen LogP contribution < -0.4 is 10.2 Å². The van der Waals surface area contributed by atoms with Crippen LogP contribution in [0.5, 0.6) is 0 Å². The molecular formula is C15H18N2O3. The van der Waals surface area contributed by atoms with Gasteiger partial charge in [0.25, 0.3) is 0 Å². The molecule has 2 aliphatic rings. The predicted octanol–water partition coefficient (Wildman–Crippen LogP) is 1.03. The molecule has 2 aliphatic heterocycles. The number of piperidine rings is 1. The number of anilines is 1. The highest BCUT2D eigenvalue weighted by Crippen LogP contribution is 2.34. The van der Waals surface area contributed by atoms with Crippen molar-refractivity contribution >= 4 is 17.6 Å². The third-order valence-electron chi connectivity index (χ3n) is 4.14. The van der Waals surface area contributed by atoms with Gasteiger partial charge in [-0.3, -0.25) is 9.69 Å². The summed E-state index contributed by atoms with van der Waals surface area (Å²) < 4.78 is 0. The fraction of sp³-hybridized carbons (Fsp3) is 0.467. The van der Waals surface area contributed by atoms with Gasteiger partial charge < -0.3 is 10.4 Å². The highest BCUT2D eigenvalue weighted by Gasteiger charge is 2.40. The van der Waals surface area contributed by atoms with Gasteiger partial charge in [0.15, 0.2) is 0 Å². The van der Waals surface area contributed by atoms with Gasteiger partial charge >= 0.3 is 5.97 Å². The van der Waals surface area contributed by atoms with Crippen molar-refractivity contribution in [3.05, 3.63) is 29.8 Å². The highest BCUT2D eigenvalue weighted by atomic mass is 16.4. The number of carbonyl (C=O) groups excluding carboxylic acids is 1. The molecule has 5 heteroatoms. The second kappa shape index (κ2) is 5.25. The van der Waals surface area contributed by atoms with E-state index in [4.69, 9.17) is 0 Å². The van der Waals surface area contributed by atoms with Crippen LogP contribution in [-0.2, 0) is 16.0 Å². The van der Waals surface area contributed by atoms with E-state index in [0.717, 1.165) is 30.6 Å². The number of para-hydroxylation sites is 1. The lowest BCUT2D eigenvalue weighted by molar-refractivity contribution is -0.140. The Bertz CT molecular complexity index is 538. The molecule has 1 amide bonds. The molecule has 1 fully saturated rings. The molecule has 0 bridgehead atoms. The topological polar surface area (TPSA) is 69.6 Å². The third kappa shape index (κ3) is 2.18. The molecule has 2 heterocycles. The maximum Gasteiger partial charge on any atom is 0.327 e. The van der Waals surface area contributed by atoms with Crippen LogP contribution in [0.15, 0.2) is 24.3 Å². The number of rotatable bonds is 2. The van der Waals surface area contributed by atoms with Crippen molar-refractivity contribution in [2.45, 2.75) is 25.3 Å². The molecule has 0 aromatic heterocycles. The lowest BCUT2D eigenvalue weighted by Gasteiger charge is -2.29. The maximum absolute atomic E-state index is 12.7. The second-order valence-corrected chi connectivity index (χ2v) is 5.44. The minimum atomic E-state index is -0.932. The molecule has 0 spiro atoms. The normalized spacial score (nSPS) is 25.3. The van der Waals surface area contributed by atoms with Crippen molar-refractivity contribution in [3.63, 3.8) is 0 Å². The number of aliphatic carboxylic acids is 1. The second-order valence-electron chi connectivity index (χ2n) is 5.44. The van der Waals surface area contributed by atoms with Gasteiger partial charge in [-0.1, -0.05) is 18.2 Å². The largest absolute Gasteiger partial charge is 0.480 e. The Morgan fingerprint density at radius 1 is 1.30 bits per heavy atom. The first-order chi connectivity index (χ1) is 9.68. The van der Waals surface area contributed by atoms with E-state index in [0.29, 0.717) is 13.0 Å². The van der Waals surface area contributed by atoms with E-state index in [1.54, 1.807) is 0 Å². The minimum Gasteiger partial charge on any atom is -0.480 e. The summed E-state index contributed by atoms with van der Waals surface area (Å²) in [4.78, 5) is 25.7. The molecule has 2 atom stereocenters. The molecule has 3 rings (SSSR count). The van der Waals surface area contributed by atoms with Gasteiger partial charge in [0, 0.05) is 18.7 Å². The van der Waals surface area contributed by atoms with E-state index in [1.165, 1.54) is 4.90 Å². The number of carbonyl (C=O) groups is 2. The Hall–Kier alpha value is -1.88. The minimum absolute atomic E-state index is 0.0606. The fourth-order valence-electron chi connectivity index (χ4n) is 3.12. The zero-order chi connectivity index (χ0) is 14.1. The molecule has 1 unspecified atom stereocenters. The van der Waals surface area contributed by atoms with Crippen LogP contribution in [0.2, 0.25) is 0 Å². The number of benzene rings is 1. The molecule has 20 heavy (non-hydrogen) atoms. The quantitative estimate of drug-likeness (QED) is 0.845. The molecule has 5 nitrogen and oxygen atoms in total. The summed E-state index contributed by atoms with van der Waals surface area (Å²) in [5.74, 6) is -1.11. The van der Waals surface area contributed by atoms with Gasteiger partial charge in [0.05, 0.1) is 5.92 Å². The number of amides is 1. The molecule has 0 radical (unpaired) electrons. The lowest BCUT2D eigenvalue weighted by Crippen LogP contribution is -2.48. The molecule has 0 saturated carbocycles. The summed E-state index contributed by atoms with van der Waals surface area (Å²) in [7, 11) is 0. The van der Waals surface area contributed by atoms with Gasteiger partial charge in [-0.2, -0.15) is 0 Å². The van der Waals surface area contributed by atoms with Crippen molar-refractivity contribution in [1.29, 1.82) is 0 Å². The summed E-state index contributed by atoms with van der Waals surface area (Å²) in [6.45, 7) is 1.58. The van der Waals surface area contributed by atoms with Crippen molar-refractivity contribution in [2.75, 3.05) is 18.0 Å². The standard InChI is InChI=1S/C15H18N2O3/c18-14(11-5-3-7-16-9-11)17-12-6-2-1-4-10(12)8-13(17)15(19)20/h1-2,4,6,11,13,16H,3,5,7-9H2,(H,19,20)/t11-,13?/m1/s1. The van der Waals surface area contributed by atoms with Crippen molar-refractivity contribution in [1.82, 2.24) is 5.32 Å². The van der Waals surface area contributed by atoms with Crippen LogP contribution in [0, 0.1) is 5.92 Å². The van der Waals surface area contributed by atoms with Crippen LogP contribution >= 0.6 is 0 Å². The van der Waals surface area contributed by atoms with Crippen LogP contribution in [0.25, 0.3) is 0 Å². The average Bonchev–Trinajstić information content (AvgIpc) is 2.87. The van der Waals surface area contributed by atoms with E-state index in [-0.39, 0.29) is 11.8 Å². The van der Waals surface area contributed by atoms with Gasteiger partial charge in [-0.05, 0) is 31.0 Å². The highest BCUT2D eigenvalue weighted by molar-refractivity contribution is 6.03. The number of nitrogens with zero attached hydrogens (tertiary/aromatic N) is 1. The van der Waals surface area contributed by atoms with Crippen molar-refractivity contribution in [3.8, 4) is 0 Å². The number of fused-ring (bicyclic) bond motifs is 1. The van der Waals surface area contributed by atoms with E-state index >= 15 is 0 Å². The summed E-state index contributed by atoms with van der Waals surface area (Å²) in [5.41, 5.74) is 1.70. The maximum atomic E-state index is 12.7. The van der Waals surface area contributed by atoms with Crippen LogP contribution in [0.3, 0.4) is 0 Å². The molecule has 2 N–H and O–H groups in total. The SMILES string of the molecule is O=C(O)C1Cc2ccccc2N1C(=O)[C@@H]1CCCNC1. The number of hydrogen-bond acceptors (Lipinski definition) is 3. The molecule has 106 valence electrons. The third-order valence-corrected chi connectivity index (χ3v) is 4.14. The van der Waals surface area contributed by atoms with Gasteiger partial charge in [0.2, 0.25) is 5.91 Å². The zero-order valence-electron chi connectivity index (χ0n) is 11.2. The Balaban J connectivity index is 1.91. The Kier molecular flexibility index (Phi) is 3.44. The van der Waals surface area contributed by atoms with Crippen LogP contribution in [0.1, 0.15) is 18.4 Å². The number of carboxylic acids is 1. The Morgan fingerprint density at radius 3 is 2.80 bits per heavy atom. The molecule has 0 aliphatic carbocycles. The molecule has 1 aromatic carbocycles. The van der Waals surface area contributed by atoms with E-state index in [9.17, 15) is 14.7 Å². The molecule has 1 aromatic rings. The molecular weight excluding hydrogens is 256 g/mol. The Morgan fingerprint density at radius 2 is 2.10 bits per heavy atom. The van der Waals surface area contributed by atoms with E-state index < -0.39 is 12.0 Å². The molecule has 1 saturated heterocycles. The zero-order valence-corrected chi connectivity index (χ0v) is 11.2. The van der Waals surface area contributed by atoms with E-state index in [1.807, 2.05) is 24.3 Å². The number of carboxylic acid groups (broad SMARTS) is 1. The first-order valence-corrected chi connectivity index (χ1v) is 7.03. The lowest BCUT2D eigenvalue weighted by atomic mass is 9.97. The summed E-state index contributed by atoms with van der Waals surface area (Å²) in [6.07, 6.45) is 2.19. The van der Waals surface area contributed by atoms with Crippen molar-refractivity contribution < 1.29 is 14.7 Å². The van der Waals surface area contributed by atoms with Crippen LogP contribution in [-0.4, -0.2) is 36.1 Å². The first-order valence-electron chi connectivity index (χ1n) is 7.03. The summed E-state index contributed by atoms with van der Waals surface area (Å²) >= 11 is 0. The number of hydrogen-bond donors (Lipinski definition) is 2. The fourth-order valence-corrected chi connectivity index (χ4v) is 3.12. The van der Waals surface area contributed by atoms with Gasteiger partial charge in [-0.15, -0.1) is 0 Å². The monoisotopic (exact) mass is 274 g/mol. The smallest absolute Gasteiger partial charge is 0.327 e. The van der Waals surface area contributed by atoms with E-state index in [2.05, 4.69) is 5.32 Å². The van der Waals surface area contributed by atoms with Crippen LogP contribution in [0.4, 0.5) is 5.69 Å².